The Balaban J connectivity index is 1.69. The highest BCUT2D eigenvalue weighted by atomic mass is 16.5. The Kier molecular flexibility index (Phi) is 4.63. The van der Waals surface area contributed by atoms with Crippen LogP contribution in [0.3, 0.4) is 0 Å². The molecule has 1 aromatic rings. The van der Waals surface area contributed by atoms with Gasteiger partial charge in [0.15, 0.2) is 0 Å². The van der Waals surface area contributed by atoms with Crippen LogP contribution in [-0.2, 0) is 11.2 Å². The van der Waals surface area contributed by atoms with E-state index in [-0.39, 0.29) is 5.41 Å². The lowest BCUT2D eigenvalue weighted by atomic mass is 9.64. The van der Waals surface area contributed by atoms with E-state index >= 15 is 0 Å². The van der Waals surface area contributed by atoms with E-state index in [1.165, 1.54) is 0 Å². The summed E-state index contributed by atoms with van der Waals surface area (Å²) in [7, 11) is 0. The lowest BCUT2D eigenvalue weighted by molar-refractivity contribution is -0.123. The molecule has 1 heterocycles. The fourth-order valence-electron chi connectivity index (χ4n) is 2.62. The van der Waals surface area contributed by atoms with Gasteiger partial charge in [-0.25, -0.2) is 4.98 Å². The Morgan fingerprint density at radius 3 is 2.89 bits per heavy atom. The Bertz CT molecular complexity index is 373. The summed E-state index contributed by atoms with van der Waals surface area (Å²) in [4.78, 5) is 7.37. The van der Waals surface area contributed by atoms with Crippen molar-refractivity contribution in [1.29, 1.82) is 0 Å². The van der Waals surface area contributed by atoms with Crippen molar-refractivity contribution in [2.24, 2.45) is 11.3 Å². The Hall–Kier alpha value is -0.870. The topological polar surface area (TPSA) is 49.9 Å². The van der Waals surface area contributed by atoms with E-state index in [1.807, 2.05) is 6.20 Å². The quantitative estimate of drug-likeness (QED) is 0.796. The summed E-state index contributed by atoms with van der Waals surface area (Å²) < 4.78 is 5.98. The van der Waals surface area contributed by atoms with Gasteiger partial charge in [-0.3, -0.25) is 0 Å². The third-order valence-corrected chi connectivity index (χ3v) is 4.12. The number of rotatable bonds is 7. The van der Waals surface area contributed by atoms with Gasteiger partial charge in [0, 0.05) is 43.4 Å². The number of hydrogen-bond donors (Lipinski definition) is 2. The summed E-state index contributed by atoms with van der Waals surface area (Å²) in [6.45, 7) is 10.8. The minimum Gasteiger partial charge on any atom is -0.377 e. The van der Waals surface area contributed by atoms with Crippen LogP contribution in [0.4, 0.5) is 0 Å². The minimum absolute atomic E-state index is 0.234. The third-order valence-electron chi connectivity index (χ3n) is 4.12. The summed E-state index contributed by atoms with van der Waals surface area (Å²) in [5.74, 6) is 1.67. The van der Waals surface area contributed by atoms with Crippen LogP contribution in [0.2, 0.25) is 0 Å². The first-order valence-electron chi connectivity index (χ1n) is 7.33. The molecular formula is C15H27N3O. The largest absolute Gasteiger partial charge is 0.377 e. The molecule has 1 fully saturated rings. The average molecular weight is 265 g/mol. The van der Waals surface area contributed by atoms with Crippen molar-refractivity contribution in [3.05, 3.63) is 18.2 Å². The molecule has 1 aliphatic rings. The van der Waals surface area contributed by atoms with Gasteiger partial charge in [-0.1, -0.05) is 27.7 Å². The smallest absolute Gasteiger partial charge is 0.107 e. The average Bonchev–Trinajstić information content (AvgIpc) is 2.84. The van der Waals surface area contributed by atoms with Gasteiger partial charge in [0.2, 0.25) is 0 Å². The molecule has 0 spiro atoms. The summed E-state index contributed by atoms with van der Waals surface area (Å²) in [6.07, 6.45) is 6.15. The standard InChI is InChI=1S/C15H27N3O/c1-11(2)10-19-13-9-12(15(13,3)4)16-6-5-14-17-7-8-18-14/h7-8,11-13,16H,5-6,9-10H2,1-4H3,(H,17,18). The summed E-state index contributed by atoms with van der Waals surface area (Å²) >= 11 is 0. The normalized spacial score (nSPS) is 25.5. The molecule has 2 unspecified atom stereocenters. The Morgan fingerprint density at radius 2 is 2.32 bits per heavy atom. The number of aromatic nitrogens is 2. The molecule has 0 amide bonds. The van der Waals surface area contributed by atoms with Crippen LogP contribution in [0, 0.1) is 11.3 Å². The third kappa shape index (κ3) is 3.57. The molecule has 19 heavy (non-hydrogen) atoms. The first kappa shape index (κ1) is 14.5. The number of hydrogen-bond acceptors (Lipinski definition) is 3. The maximum atomic E-state index is 5.98. The van der Waals surface area contributed by atoms with E-state index in [9.17, 15) is 0 Å². The number of nitrogens with zero attached hydrogens (tertiary/aromatic N) is 1. The van der Waals surface area contributed by atoms with Gasteiger partial charge < -0.3 is 15.0 Å². The van der Waals surface area contributed by atoms with Crippen molar-refractivity contribution < 1.29 is 4.74 Å². The second-order valence-electron chi connectivity index (χ2n) is 6.57. The summed E-state index contributed by atoms with van der Waals surface area (Å²) in [5, 5.41) is 3.63. The zero-order chi connectivity index (χ0) is 13.9. The predicted molar refractivity (Wildman–Crippen MR) is 77.1 cm³/mol. The second kappa shape index (κ2) is 6.06. The van der Waals surface area contributed by atoms with E-state index in [0.717, 1.165) is 31.8 Å². The van der Waals surface area contributed by atoms with Crippen LogP contribution in [0.25, 0.3) is 0 Å². The van der Waals surface area contributed by atoms with E-state index in [2.05, 4.69) is 43.0 Å². The van der Waals surface area contributed by atoms with E-state index in [4.69, 9.17) is 4.74 Å². The number of aromatic amines is 1. The molecule has 0 aromatic carbocycles. The number of ether oxygens (including phenoxy) is 1. The second-order valence-corrected chi connectivity index (χ2v) is 6.57. The molecule has 1 saturated carbocycles. The highest BCUT2D eigenvalue weighted by Crippen LogP contribution is 2.42. The van der Waals surface area contributed by atoms with Crippen LogP contribution in [0.5, 0.6) is 0 Å². The highest BCUT2D eigenvalue weighted by Gasteiger charge is 2.48. The molecule has 0 radical (unpaired) electrons. The minimum atomic E-state index is 0.234. The fourth-order valence-corrected chi connectivity index (χ4v) is 2.62. The molecule has 4 nitrogen and oxygen atoms in total. The summed E-state index contributed by atoms with van der Waals surface area (Å²) in [5.41, 5.74) is 0.234. The Morgan fingerprint density at radius 1 is 1.53 bits per heavy atom. The van der Waals surface area contributed by atoms with Crippen molar-refractivity contribution in [2.45, 2.75) is 52.7 Å². The molecule has 4 heteroatoms. The van der Waals surface area contributed by atoms with Gasteiger partial charge >= 0.3 is 0 Å². The van der Waals surface area contributed by atoms with Gasteiger partial charge in [-0.2, -0.15) is 0 Å². The lowest BCUT2D eigenvalue weighted by Gasteiger charge is -2.52. The summed E-state index contributed by atoms with van der Waals surface area (Å²) in [6, 6.07) is 0.555. The molecule has 2 N–H and O–H groups in total. The van der Waals surface area contributed by atoms with Crippen LogP contribution >= 0.6 is 0 Å². The maximum absolute atomic E-state index is 5.98. The van der Waals surface area contributed by atoms with Crippen molar-refractivity contribution in [3.8, 4) is 0 Å². The monoisotopic (exact) mass is 265 g/mol. The van der Waals surface area contributed by atoms with Crippen molar-refractivity contribution >= 4 is 0 Å². The van der Waals surface area contributed by atoms with Gasteiger partial charge in [-0.15, -0.1) is 0 Å². The van der Waals surface area contributed by atoms with Gasteiger partial charge in [-0.05, 0) is 12.3 Å². The van der Waals surface area contributed by atoms with E-state index in [0.29, 0.717) is 18.1 Å². The SMILES string of the molecule is CC(C)COC1CC(NCCc2ncc[nH]2)C1(C)C. The van der Waals surface area contributed by atoms with Crippen LogP contribution in [-0.4, -0.2) is 35.3 Å². The molecule has 1 aromatic heterocycles. The zero-order valence-electron chi connectivity index (χ0n) is 12.6. The molecular weight excluding hydrogens is 238 g/mol. The predicted octanol–water partition coefficient (Wildman–Crippen LogP) is 2.38. The lowest BCUT2D eigenvalue weighted by Crippen LogP contribution is -2.61. The molecule has 0 bridgehead atoms. The highest BCUT2D eigenvalue weighted by molar-refractivity contribution is 5.03. The van der Waals surface area contributed by atoms with Gasteiger partial charge in [0.1, 0.15) is 5.82 Å². The van der Waals surface area contributed by atoms with E-state index < -0.39 is 0 Å². The molecule has 0 aliphatic heterocycles. The van der Waals surface area contributed by atoms with Gasteiger partial charge in [0.25, 0.3) is 0 Å². The Labute approximate surface area is 116 Å². The molecule has 0 saturated heterocycles. The van der Waals surface area contributed by atoms with Crippen molar-refractivity contribution in [3.63, 3.8) is 0 Å². The van der Waals surface area contributed by atoms with Crippen LogP contribution in [0.15, 0.2) is 12.4 Å². The number of H-pyrrole nitrogens is 1. The zero-order valence-corrected chi connectivity index (χ0v) is 12.6. The maximum Gasteiger partial charge on any atom is 0.107 e. The molecule has 1 aliphatic carbocycles. The molecule has 108 valence electrons. The first-order valence-corrected chi connectivity index (χ1v) is 7.33. The van der Waals surface area contributed by atoms with Crippen molar-refractivity contribution in [2.75, 3.05) is 13.2 Å². The van der Waals surface area contributed by atoms with Gasteiger partial charge in [0.05, 0.1) is 6.10 Å². The fraction of sp³-hybridized carbons (Fsp3) is 0.800. The first-order chi connectivity index (χ1) is 9.00. The van der Waals surface area contributed by atoms with Crippen molar-refractivity contribution in [1.82, 2.24) is 15.3 Å². The van der Waals surface area contributed by atoms with Crippen LogP contribution < -0.4 is 5.32 Å². The number of nitrogens with one attached hydrogen (secondary N) is 2. The molecule has 2 atom stereocenters. The number of imidazole rings is 1. The molecule has 2 rings (SSSR count). The van der Waals surface area contributed by atoms with E-state index in [1.54, 1.807) is 6.20 Å². The van der Waals surface area contributed by atoms with Crippen LogP contribution in [0.1, 0.15) is 39.9 Å².